The molecule has 2 fully saturated rings. The second-order valence-electron chi connectivity index (χ2n) is 6.55. The summed E-state index contributed by atoms with van der Waals surface area (Å²) in [6.45, 7) is 5.33. The normalized spacial score (nSPS) is 20.1. The van der Waals surface area contributed by atoms with Crippen LogP contribution in [0.2, 0.25) is 0 Å². The Hall–Kier alpha value is -1.79. The summed E-state index contributed by atoms with van der Waals surface area (Å²) in [7, 11) is 1.60. The van der Waals surface area contributed by atoms with E-state index in [1.807, 2.05) is 29.2 Å². The number of ether oxygens (including phenoxy) is 3. The van der Waals surface area contributed by atoms with E-state index in [1.165, 1.54) is 0 Å². The Morgan fingerprint density at radius 1 is 1.12 bits per heavy atom. The van der Waals surface area contributed by atoms with E-state index in [-0.39, 0.29) is 12.5 Å². The van der Waals surface area contributed by atoms with Crippen LogP contribution in [0.5, 0.6) is 11.5 Å². The largest absolute Gasteiger partial charge is 0.493 e. The number of para-hydroxylation sites is 2. The molecule has 2 heterocycles. The van der Waals surface area contributed by atoms with Crippen LogP contribution in [0.3, 0.4) is 0 Å². The van der Waals surface area contributed by atoms with E-state index in [9.17, 15) is 4.79 Å². The van der Waals surface area contributed by atoms with Crippen molar-refractivity contribution < 1.29 is 19.0 Å². The summed E-state index contributed by atoms with van der Waals surface area (Å²) in [4.78, 5) is 17.0. The Morgan fingerprint density at radius 2 is 1.88 bits per heavy atom. The van der Waals surface area contributed by atoms with E-state index in [0.29, 0.717) is 17.5 Å². The van der Waals surface area contributed by atoms with Gasteiger partial charge in [-0.2, -0.15) is 0 Å². The molecular formula is C19H28N2O4. The van der Waals surface area contributed by atoms with Gasteiger partial charge in [0.2, 0.25) is 0 Å². The molecule has 0 unspecified atom stereocenters. The lowest BCUT2D eigenvalue weighted by molar-refractivity contribution is -0.133. The first-order valence-electron chi connectivity index (χ1n) is 9.13. The highest BCUT2D eigenvalue weighted by atomic mass is 16.5. The monoisotopic (exact) mass is 348 g/mol. The summed E-state index contributed by atoms with van der Waals surface area (Å²) >= 11 is 0. The molecule has 2 aliphatic heterocycles. The fraction of sp³-hybridized carbons (Fsp3) is 0.632. The Labute approximate surface area is 149 Å². The van der Waals surface area contributed by atoms with Crippen molar-refractivity contribution in [1.29, 1.82) is 0 Å². The van der Waals surface area contributed by atoms with Crippen molar-refractivity contribution in [3.63, 3.8) is 0 Å². The fourth-order valence-corrected chi connectivity index (χ4v) is 3.57. The van der Waals surface area contributed by atoms with Crippen LogP contribution in [0.25, 0.3) is 0 Å². The molecule has 3 rings (SSSR count). The van der Waals surface area contributed by atoms with Crippen LogP contribution in [-0.2, 0) is 9.53 Å². The van der Waals surface area contributed by atoms with Gasteiger partial charge < -0.3 is 19.1 Å². The first-order chi connectivity index (χ1) is 12.3. The molecule has 0 bridgehead atoms. The van der Waals surface area contributed by atoms with Crippen molar-refractivity contribution in [2.24, 2.45) is 0 Å². The number of nitrogens with zero attached hydrogens (tertiary/aromatic N) is 2. The summed E-state index contributed by atoms with van der Waals surface area (Å²) in [6.07, 6.45) is 3.22. The minimum absolute atomic E-state index is 0.0414. The Kier molecular flexibility index (Phi) is 6.53. The number of rotatable bonds is 5. The first kappa shape index (κ1) is 18.0. The van der Waals surface area contributed by atoms with Gasteiger partial charge >= 0.3 is 0 Å². The minimum Gasteiger partial charge on any atom is -0.493 e. The molecule has 0 N–H and O–H groups in total. The summed E-state index contributed by atoms with van der Waals surface area (Å²) < 4.78 is 16.4. The van der Waals surface area contributed by atoms with Crippen LogP contribution in [0.1, 0.15) is 19.3 Å². The molecule has 0 aromatic heterocycles. The summed E-state index contributed by atoms with van der Waals surface area (Å²) in [5.41, 5.74) is 0. The second-order valence-corrected chi connectivity index (χ2v) is 6.55. The standard InChI is InChI=1S/C19H28N2O4/c1-23-17-5-2-3-6-18(17)25-15-19(22)21-10-4-9-20(11-12-21)16-7-13-24-14-8-16/h2-3,5-6,16H,4,7-15H2,1H3. The lowest BCUT2D eigenvalue weighted by Crippen LogP contribution is -2.42. The maximum absolute atomic E-state index is 12.5. The quantitative estimate of drug-likeness (QED) is 0.812. The zero-order valence-electron chi connectivity index (χ0n) is 15.0. The third kappa shape index (κ3) is 4.86. The fourth-order valence-electron chi connectivity index (χ4n) is 3.57. The lowest BCUT2D eigenvalue weighted by Gasteiger charge is -2.33. The predicted octanol–water partition coefficient (Wildman–Crippen LogP) is 1.79. The molecule has 25 heavy (non-hydrogen) atoms. The van der Waals surface area contributed by atoms with Gasteiger partial charge in [-0.1, -0.05) is 12.1 Å². The molecule has 0 radical (unpaired) electrons. The van der Waals surface area contributed by atoms with Crippen molar-refractivity contribution in [2.45, 2.75) is 25.3 Å². The number of benzene rings is 1. The molecular weight excluding hydrogens is 320 g/mol. The number of methoxy groups -OCH3 is 1. The van der Waals surface area contributed by atoms with Crippen molar-refractivity contribution in [2.75, 3.05) is 53.1 Å². The molecule has 0 atom stereocenters. The van der Waals surface area contributed by atoms with Crippen LogP contribution in [-0.4, -0.2) is 74.9 Å². The average molecular weight is 348 g/mol. The average Bonchev–Trinajstić information content (AvgIpc) is 2.93. The Bertz CT molecular complexity index is 560. The van der Waals surface area contributed by atoms with Gasteiger partial charge in [-0.15, -0.1) is 0 Å². The first-order valence-corrected chi connectivity index (χ1v) is 9.13. The van der Waals surface area contributed by atoms with Crippen LogP contribution < -0.4 is 9.47 Å². The van der Waals surface area contributed by atoms with Crippen LogP contribution >= 0.6 is 0 Å². The van der Waals surface area contributed by atoms with E-state index >= 15 is 0 Å². The molecule has 0 saturated carbocycles. The van der Waals surface area contributed by atoms with Gasteiger partial charge in [-0.05, 0) is 31.4 Å². The van der Waals surface area contributed by atoms with E-state index in [0.717, 1.165) is 58.7 Å². The number of amides is 1. The zero-order valence-corrected chi connectivity index (χ0v) is 15.0. The van der Waals surface area contributed by atoms with E-state index in [2.05, 4.69) is 4.90 Å². The third-order valence-electron chi connectivity index (χ3n) is 5.01. The van der Waals surface area contributed by atoms with Gasteiger partial charge in [-0.3, -0.25) is 9.69 Å². The van der Waals surface area contributed by atoms with Crippen LogP contribution in [0.4, 0.5) is 0 Å². The number of hydrogen-bond donors (Lipinski definition) is 0. The maximum atomic E-state index is 12.5. The van der Waals surface area contributed by atoms with E-state index in [1.54, 1.807) is 7.11 Å². The molecule has 0 spiro atoms. The summed E-state index contributed by atoms with van der Waals surface area (Å²) in [5.74, 6) is 1.30. The van der Waals surface area contributed by atoms with Gasteiger partial charge in [0, 0.05) is 45.4 Å². The highest BCUT2D eigenvalue weighted by Gasteiger charge is 2.25. The Morgan fingerprint density at radius 3 is 2.64 bits per heavy atom. The highest BCUT2D eigenvalue weighted by molar-refractivity contribution is 5.77. The highest BCUT2D eigenvalue weighted by Crippen LogP contribution is 2.25. The van der Waals surface area contributed by atoms with Crippen molar-refractivity contribution >= 4 is 5.91 Å². The molecule has 1 aromatic carbocycles. The van der Waals surface area contributed by atoms with E-state index in [4.69, 9.17) is 14.2 Å². The van der Waals surface area contributed by atoms with Gasteiger partial charge in [0.1, 0.15) is 0 Å². The molecule has 2 saturated heterocycles. The summed E-state index contributed by atoms with van der Waals surface area (Å²) in [5, 5.41) is 0. The summed E-state index contributed by atoms with van der Waals surface area (Å²) in [6, 6.07) is 8.01. The second kappa shape index (κ2) is 9.06. The maximum Gasteiger partial charge on any atom is 0.260 e. The lowest BCUT2D eigenvalue weighted by atomic mass is 10.1. The topological polar surface area (TPSA) is 51.2 Å². The molecule has 6 heteroatoms. The van der Waals surface area contributed by atoms with Gasteiger partial charge in [0.25, 0.3) is 5.91 Å². The number of carbonyl (C=O) groups is 1. The zero-order chi connectivity index (χ0) is 17.5. The molecule has 138 valence electrons. The van der Waals surface area contributed by atoms with Crippen molar-refractivity contribution in [1.82, 2.24) is 9.80 Å². The molecule has 1 amide bonds. The van der Waals surface area contributed by atoms with Gasteiger partial charge in [-0.25, -0.2) is 0 Å². The van der Waals surface area contributed by atoms with E-state index < -0.39 is 0 Å². The van der Waals surface area contributed by atoms with Crippen LogP contribution in [0.15, 0.2) is 24.3 Å². The number of carbonyl (C=O) groups excluding carboxylic acids is 1. The molecule has 0 aliphatic carbocycles. The van der Waals surface area contributed by atoms with Crippen LogP contribution in [0, 0.1) is 0 Å². The smallest absolute Gasteiger partial charge is 0.260 e. The molecule has 6 nitrogen and oxygen atoms in total. The van der Waals surface area contributed by atoms with Crippen molar-refractivity contribution in [3.05, 3.63) is 24.3 Å². The SMILES string of the molecule is COc1ccccc1OCC(=O)N1CCCN(C2CCOCC2)CC1. The molecule has 2 aliphatic rings. The third-order valence-corrected chi connectivity index (χ3v) is 5.01. The van der Waals surface area contributed by atoms with Gasteiger partial charge in [0.05, 0.1) is 7.11 Å². The minimum atomic E-state index is 0.0414. The van der Waals surface area contributed by atoms with Gasteiger partial charge in [0.15, 0.2) is 18.1 Å². The molecule has 1 aromatic rings. The predicted molar refractivity (Wildman–Crippen MR) is 95.1 cm³/mol. The number of hydrogen-bond acceptors (Lipinski definition) is 5. The Balaban J connectivity index is 1.49. The van der Waals surface area contributed by atoms with Crippen molar-refractivity contribution in [3.8, 4) is 11.5 Å².